The molecule has 72 valence electrons. The Morgan fingerprint density at radius 2 is 2.36 bits per heavy atom. The average Bonchev–Trinajstić information content (AvgIpc) is 2.39. The Labute approximate surface area is 87.7 Å². The highest BCUT2D eigenvalue weighted by Crippen LogP contribution is 2.21. The fraction of sp³-hybridized carbons (Fsp3) is 0.125. The highest BCUT2D eigenvalue weighted by Gasteiger charge is 2.18. The Balaban J connectivity index is 2.84. The lowest BCUT2D eigenvalue weighted by molar-refractivity contribution is -0.390. The van der Waals surface area contributed by atoms with Crippen LogP contribution in [0.5, 0.6) is 0 Å². The number of nitrogens with zero attached hydrogens (tertiary/aromatic N) is 3. The van der Waals surface area contributed by atoms with Crippen molar-refractivity contribution < 1.29 is 4.92 Å². The Bertz CT molecular complexity index is 521. The Hall–Kier alpha value is -1.43. The molecule has 0 aromatic carbocycles. The number of hydrogen-bond acceptors (Lipinski definition) is 3. The first-order chi connectivity index (χ1) is 6.59. The summed E-state index contributed by atoms with van der Waals surface area (Å²) in [5.41, 5.74) is 0.997. The van der Waals surface area contributed by atoms with Crippen molar-refractivity contribution in [3.63, 3.8) is 0 Å². The highest BCUT2D eigenvalue weighted by atomic mass is 79.9. The molecule has 0 saturated carbocycles. The summed E-state index contributed by atoms with van der Waals surface area (Å²) >= 11 is 3.28. The maximum Gasteiger partial charge on any atom is 0.350 e. The number of imidazole rings is 1. The van der Waals surface area contributed by atoms with E-state index in [0.29, 0.717) is 11.3 Å². The maximum atomic E-state index is 10.7. The Morgan fingerprint density at radius 1 is 1.64 bits per heavy atom. The third kappa shape index (κ3) is 1.27. The molecule has 0 aliphatic heterocycles. The zero-order chi connectivity index (χ0) is 10.3. The van der Waals surface area contributed by atoms with Gasteiger partial charge in [-0.15, -0.1) is 0 Å². The minimum atomic E-state index is -0.427. The molecule has 2 heterocycles. The van der Waals surface area contributed by atoms with Crippen molar-refractivity contribution >= 4 is 27.4 Å². The number of aryl methyl sites for hydroxylation is 1. The second kappa shape index (κ2) is 3.06. The molecular weight excluding hydrogens is 250 g/mol. The van der Waals surface area contributed by atoms with Crippen LogP contribution in [-0.4, -0.2) is 14.3 Å². The van der Waals surface area contributed by atoms with Gasteiger partial charge in [0.2, 0.25) is 5.65 Å². The summed E-state index contributed by atoms with van der Waals surface area (Å²) in [5, 5.41) is 10.7. The van der Waals surface area contributed by atoms with Crippen molar-refractivity contribution in [1.29, 1.82) is 0 Å². The van der Waals surface area contributed by atoms with Crippen LogP contribution in [0.25, 0.3) is 5.65 Å². The van der Waals surface area contributed by atoms with Crippen LogP contribution in [-0.2, 0) is 0 Å². The summed E-state index contributed by atoms with van der Waals surface area (Å²) in [5.74, 6) is 0.0208. The van der Waals surface area contributed by atoms with Gasteiger partial charge >= 0.3 is 5.82 Å². The lowest BCUT2D eigenvalue weighted by Gasteiger charge is -1.93. The van der Waals surface area contributed by atoms with E-state index < -0.39 is 4.92 Å². The van der Waals surface area contributed by atoms with Gasteiger partial charge < -0.3 is 10.1 Å². The number of aromatic nitrogens is 2. The molecule has 0 N–H and O–H groups in total. The largest absolute Gasteiger partial charge is 0.358 e. The topological polar surface area (TPSA) is 60.4 Å². The lowest BCUT2D eigenvalue weighted by atomic mass is 10.5. The molecule has 0 fully saturated rings. The number of fused-ring (bicyclic) bond motifs is 1. The van der Waals surface area contributed by atoms with E-state index in [1.807, 2.05) is 0 Å². The van der Waals surface area contributed by atoms with Crippen LogP contribution in [0.15, 0.2) is 22.8 Å². The summed E-state index contributed by atoms with van der Waals surface area (Å²) in [6.07, 6.45) is 1.62. The van der Waals surface area contributed by atoms with Crippen LogP contribution in [0, 0.1) is 17.0 Å². The monoisotopic (exact) mass is 255 g/mol. The molecule has 2 aromatic heterocycles. The van der Waals surface area contributed by atoms with Gasteiger partial charge in [-0.05, 0) is 17.9 Å². The molecule has 0 bridgehead atoms. The fourth-order valence-electron chi connectivity index (χ4n) is 1.34. The van der Waals surface area contributed by atoms with E-state index in [1.165, 1.54) is 4.40 Å². The lowest BCUT2D eigenvalue weighted by Crippen LogP contribution is -1.94. The van der Waals surface area contributed by atoms with Gasteiger partial charge in [0.05, 0.1) is 6.20 Å². The second-order valence-corrected chi connectivity index (χ2v) is 3.77. The number of nitro groups is 1. The molecule has 0 atom stereocenters. The molecule has 14 heavy (non-hydrogen) atoms. The van der Waals surface area contributed by atoms with E-state index >= 15 is 0 Å². The van der Waals surface area contributed by atoms with E-state index in [4.69, 9.17) is 0 Å². The third-order valence-corrected chi connectivity index (χ3v) is 2.40. The van der Waals surface area contributed by atoms with E-state index in [9.17, 15) is 10.1 Å². The first kappa shape index (κ1) is 9.14. The molecule has 5 nitrogen and oxygen atoms in total. The molecule has 0 saturated heterocycles. The first-order valence-corrected chi connectivity index (χ1v) is 4.67. The summed E-state index contributed by atoms with van der Waals surface area (Å²) in [7, 11) is 0. The first-order valence-electron chi connectivity index (χ1n) is 3.88. The summed E-state index contributed by atoms with van der Waals surface area (Å²) in [6.45, 7) is 1.62. The van der Waals surface area contributed by atoms with Crippen LogP contribution in [0.4, 0.5) is 5.82 Å². The normalized spacial score (nSPS) is 10.7. The molecule has 0 aliphatic rings. The van der Waals surface area contributed by atoms with E-state index in [2.05, 4.69) is 20.9 Å². The van der Waals surface area contributed by atoms with Gasteiger partial charge in [-0.3, -0.25) is 0 Å². The minimum Gasteiger partial charge on any atom is -0.358 e. The second-order valence-electron chi connectivity index (χ2n) is 2.85. The molecule has 6 heteroatoms. The number of rotatable bonds is 1. The van der Waals surface area contributed by atoms with Crippen LogP contribution >= 0.6 is 15.9 Å². The SMILES string of the molecule is Cc1nc2cc(Br)ccn2c1[N+](=O)[O-]. The van der Waals surface area contributed by atoms with Gasteiger partial charge in [0.25, 0.3) is 0 Å². The molecular formula is C8H6BrN3O2. The zero-order valence-corrected chi connectivity index (χ0v) is 8.85. The number of hydrogen-bond donors (Lipinski definition) is 0. The molecule has 0 aliphatic carbocycles. The number of pyridine rings is 1. The molecule has 0 radical (unpaired) electrons. The average molecular weight is 256 g/mol. The van der Waals surface area contributed by atoms with Gasteiger partial charge in [0.15, 0.2) is 0 Å². The van der Waals surface area contributed by atoms with Crippen molar-refractivity contribution in [3.05, 3.63) is 38.6 Å². The van der Waals surface area contributed by atoms with E-state index in [0.717, 1.165) is 4.47 Å². The molecule has 0 amide bonds. The van der Waals surface area contributed by atoms with Gasteiger partial charge in [0, 0.05) is 10.5 Å². The van der Waals surface area contributed by atoms with Gasteiger partial charge in [0.1, 0.15) is 5.69 Å². The molecule has 0 unspecified atom stereocenters. The van der Waals surface area contributed by atoms with Gasteiger partial charge in [-0.2, -0.15) is 4.40 Å². The Kier molecular flexibility index (Phi) is 1.99. The van der Waals surface area contributed by atoms with Gasteiger partial charge in [-0.25, -0.2) is 4.98 Å². The van der Waals surface area contributed by atoms with Crippen LogP contribution in [0.3, 0.4) is 0 Å². The summed E-state index contributed by atoms with van der Waals surface area (Å²) in [6, 6.07) is 3.47. The third-order valence-electron chi connectivity index (χ3n) is 1.90. The van der Waals surface area contributed by atoms with E-state index in [-0.39, 0.29) is 5.82 Å². The quantitative estimate of drug-likeness (QED) is 0.581. The summed E-state index contributed by atoms with van der Waals surface area (Å²) < 4.78 is 2.31. The van der Waals surface area contributed by atoms with Crippen molar-refractivity contribution in [1.82, 2.24) is 9.38 Å². The minimum absolute atomic E-state index is 0.0208. The number of halogens is 1. The maximum absolute atomic E-state index is 10.7. The molecule has 2 rings (SSSR count). The van der Waals surface area contributed by atoms with Gasteiger partial charge in [-0.1, -0.05) is 15.9 Å². The summed E-state index contributed by atoms with van der Waals surface area (Å²) in [4.78, 5) is 14.4. The van der Waals surface area contributed by atoms with E-state index in [1.54, 1.807) is 25.3 Å². The Morgan fingerprint density at radius 3 is 3.00 bits per heavy atom. The van der Waals surface area contributed by atoms with Crippen LogP contribution < -0.4 is 0 Å². The fourth-order valence-corrected chi connectivity index (χ4v) is 1.67. The predicted molar refractivity (Wildman–Crippen MR) is 54.3 cm³/mol. The van der Waals surface area contributed by atoms with Crippen LogP contribution in [0.1, 0.15) is 5.69 Å². The van der Waals surface area contributed by atoms with Crippen molar-refractivity contribution in [2.75, 3.05) is 0 Å². The molecule has 0 spiro atoms. The predicted octanol–water partition coefficient (Wildman–Crippen LogP) is 2.31. The molecule has 2 aromatic rings. The van der Waals surface area contributed by atoms with Crippen molar-refractivity contribution in [3.8, 4) is 0 Å². The standard InChI is InChI=1S/C8H6BrN3O2/c1-5-8(12(13)14)11-3-2-6(9)4-7(11)10-5/h2-4H,1H3. The zero-order valence-electron chi connectivity index (χ0n) is 7.27. The van der Waals surface area contributed by atoms with Crippen molar-refractivity contribution in [2.24, 2.45) is 0 Å². The highest BCUT2D eigenvalue weighted by molar-refractivity contribution is 9.10. The van der Waals surface area contributed by atoms with Crippen LogP contribution in [0.2, 0.25) is 0 Å². The smallest absolute Gasteiger partial charge is 0.350 e. The van der Waals surface area contributed by atoms with Crippen molar-refractivity contribution in [2.45, 2.75) is 6.92 Å².